The van der Waals surface area contributed by atoms with Crippen LogP contribution in [0.2, 0.25) is 5.02 Å². The summed E-state index contributed by atoms with van der Waals surface area (Å²) in [5, 5.41) is 12.2. The monoisotopic (exact) mass is 385 g/mol. The van der Waals surface area contributed by atoms with Gasteiger partial charge in [-0.3, -0.25) is 4.79 Å². The number of carbonyl (C=O) groups excluding carboxylic acids is 1. The van der Waals surface area contributed by atoms with E-state index < -0.39 is 28.5 Å². The maximum absolute atomic E-state index is 13.6. The van der Waals surface area contributed by atoms with Gasteiger partial charge in [0.2, 0.25) is 0 Å². The largest absolute Gasteiger partial charge is 0.417 e. The van der Waals surface area contributed by atoms with Crippen molar-refractivity contribution in [2.75, 3.05) is 5.32 Å². The number of alkyl halides is 3. The SMILES string of the molecule is O=C(Nc1ccc(Cl)c(C(F)(F)F)c1)c1cc(F)ccc1-n1cnnn1. The van der Waals surface area contributed by atoms with Gasteiger partial charge in [-0.25, -0.2) is 4.39 Å². The third kappa shape index (κ3) is 3.64. The molecule has 0 atom stereocenters. The summed E-state index contributed by atoms with van der Waals surface area (Å²) in [5.41, 5.74) is -1.27. The van der Waals surface area contributed by atoms with Crippen LogP contribution in [0.25, 0.3) is 5.69 Å². The molecule has 6 nitrogen and oxygen atoms in total. The molecule has 0 aliphatic heterocycles. The van der Waals surface area contributed by atoms with Gasteiger partial charge in [-0.15, -0.1) is 5.10 Å². The summed E-state index contributed by atoms with van der Waals surface area (Å²) < 4.78 is 53.4. The van der Waals surface area contributed by atoms with Crippen LogP contribution in [0, 0.1) is 5.82 Å². The molecule has 3 rings (SSSR count). The fourth-order valence-corrected chi connectivity index (χ4v) is 2.40. The van der Waals surface area contributed by atoms with Gasteiger partial charge < -0.3 is 5.32 Å². The number of hydrogen-bond acceptors (Lipinski definition) is 4. The Morgan fingerprint density at radius 3 is 2.58 bits per heavy atom. The minimum atomic E-state index is -4.69. The van der Waals surface area contributed by atoms with Crippen molar-refractivity contribution in [2.45, 2.75) is 6.18 Å². The molecular weight excluding hydrogens is 378 g/mol. The lowest BCUT2D eigenvalue weighted by molar-refractivity contribution is -0.137. The molecule has 1 aromatic heterocycles. The highest BCUT2D eigenvalue weighted by Gasteiger charge is 2.33. The summed E-state index contributed by atoms with van der Waals surface area (Å²) in [5.74, 6) is -1.55. The highest BCUT2D eigenvalue weighted by Crippen LogP contribution is 2.36. The van der Waals surface area contributed by atoms with Crippen LogP contribution >= 0.6 is 11.6 Å². The van der Waals surface area contributed by atoms with Crippen molar-refractivity contribution in [1.29, 1.82) is 0 Å². The maximum atomic E-state index is 13.6. The van der Waals surface area contributed by atoms with Gasteiger partial charge >= 0.3 is 6.18 Å². The van der Waals surface area contributed by atoms with Gasteiger partial charge in [-0.2, -0.15) is 17.9 Å². The van der Waals surface area contributed by atoms with Crippen LogP contribution in [0.4, 0.5) is 23.2 Å². The molecule has 26 heavy (non-hydrogen) atoms. The number of nitrogens with zero attached hydrogens (tertiary/aromatic N) is 4. The summed E-state index contributed by atoms with van der Waals surface area (Å²) in [4.78, 5) is 12.5. The van der Waals surface area contributed by atoms with E-state index in [1.54, 1.807) is 0 Å². The summed E-state index contributed by atoms with van der Waals surface area (Å²) in [6.07, 6.45) is -3.50. The molecule has 0 fully saturated rings. The van der Waals surface area contributed by atoms with Crippen molar-refractivity contribution in [3.63, 3.8) is 0 Å². The van der Waals surface area contributed by atoms with E-state index in [4.69, 9.17) is 11.6 Å². The lowest BCUT2D eigenvalue weighted by Gasteiger charge is -2.13. The molecule has 134 valence electrons. The third-order valence-corrected chi connectivity index (χ3v) is 3.66. The second kappa shape index (κ2) is 6.71. The topological polar surface area (TPSA) is 72.7 Å². The molecular formula is C15H8ClF4N5O. The van der Waals surface area contributed by atoms with Gasteiger partial charge in [-0.05, 0) is 46.8 Å². The molecule has 0 bridgehead atoms. The summed E-state index contributed by atoms with van der Waals surface area (Å²) in [6, 6.07) is 6.18. The Bertz CT molecular complexity index is 959. The maximum Gasteiger partial charge on any atom is 0.417 e. The summed E-state index contributed by atoms with van der Waals surface area (Å²) >= 11 is 5.54. The van der Waals surface area contributed by atoms with E-state index in [9.17, 15) is 22.4 Å². The average molecular weight is 386 g/mol. The standard InChI is InChI=1S/C15H8ClF4N5O/c16-12-3-2-9(6-11(12)15(18,19)20)22-14(26)10-5-8(17)1-4-13(10)25-7-21-23-24-25/h1-7H,(H,22,26). The lowest BCUT2D eigenvalue weighted by Crippen LogP contribution is -2.16. The van der Waals surface area contributed by atoms with Gasteiger partial charge in [0, 0.05) is 5.69 Å². The Hall–Kier alpha value is -3.01. The first-order valence-electron chi connectivity index (χ1n) is 6.97. The molecule has 11 heteroatoms. The molecule has 2 aromatic carbocycles. The zero-order valence-corrected chi connectivity index (χ0v) is 13.4. The van der Waals surface area contributed by atoms with Crippen molar-refractivity contribution in [1.82, 2.24) is 20.2 Å². The second-order valence-electron chi connectivity index (χ2n) is 5.06. The zero-order valence-electron chi connectivity index (χ0n) is 12.6. The van der Waals surface area contributed by atoms with Crippen molar-refractivity contribution < 1.29 is 22.4 Å². The Balaban J connectivity index is 1.96. The van der Waals surface area contributed by atoms with Gasteiger partial charge in [0.25, 0.3) is 5.91 Å². The van der Waals surface area contributed by atoms with E-state index in [0.717, 1.165) is 22.9 Å². The van der Waals surface area contributed by atoms with Crippen LogP contribution in [0.5, 0.6) is 0 Å². The van der Waals surface area contributed by atoms with Crippen molar-refractivity contribution >= 4 is 23.2 Å². The molecule has 0 unspecified atom stereocenters. The van der Waals surface area contributed by atoms with E-state index >= 15 is 0 Å². The van der Waals surface area contributed by atoms with Crippen LogP contribution in [0.3, 0.4) is 0 Å². The van der Waals surface area contributed by atoms with Gasteiger partial charge in [0.05, 0.1) is 21.8 Å². The van der Waals surface area contributed by atoms with E-state index in [-0.39, 0.29) is 16.9 Å². The molecule has 3 aromatic rings. The van der Waals surface area contributed by atoms with E-state index in [0.29, 0.717) is 6.07 Å². The van der Waals surface area contributed by atoms with Crippen molar-refractivity contribution in [2.24, 2.45) is 0 Å². The number of anilines is 1. The van der Waals surface area contributed by atoms with Crippen molar-refractivity contribution in [3.8, 4) is 5.69 Å². The Labute approximate surface area is 148 Å². The van der Waals surface area contributed by atoms with E-state index in [1.807, 2.05) is 0 Å². The quantitative estimate of drug-likeness (QED) is 0.697. The molecule has 0 aliphatic carbocycles. The second-order valence-corrected chi connectivity index (χ2v) is 5.47. The number of nitrogens with one attached hydrogen (secondary N) is 1. The minimum Gasteiger partial charge on any atom is -0.322 e. The Kier molecular flexibility index (Phi) is 4.60. The number of halogens is 5. The molecule has 0 spiro atoms. The molecule has 1 N–H and O–H groups in total. The first kappa shape index (κ1) is 17.8. The van der Waals surface area contributed by atoms with Crippen LogP contribution < -0.4 is 5.32 Å². The van der Waals surface area contributed by atoms with Crippen molar-refractivity contribution in [3.05, 3.63) is 64.7 Å². The Morgan fingerprint density at radius 2 is 1.92 bits per heavy atom. The fraction of sp³-hybridized carbons (Fsp3) is 0.0667. The number of rotatable bonds is 3. The predicted molar refractivity (Wildman–Crippen MR) is 83.5 cm³/mol. The number of carbonyl (C=O) groups is 1. The third-order valence-electron chi connectivity index (χ3n) is 3.33. The molecule has 1 heterocycles. The van der Waals surface area contributed by atoms with Crippen LogP contribution in [0.1, 0.15) is 15.9 Å². The number of benzene rings is 2. The fourth-order valence-electron chi connectivity index (χ4n) is 2.18. The lowest BCUT2D eigenvalue weighted by atomic mass is 10.1. The number of amides is 1. The average Bonchev–Trinajstić information content (AvgIpc) is 3.09. The first-order chi connectivity index (χ1) is 12.3. The normalized spacial score (nSPS) is 11.4. The van der Waals surface area contributed by atoms with Crippen LogP contribution in [0.15, 0.2) is 42.7 Å². The molecule has 0 radical (unpaired) electrons. The number of aromatic nitrogens is 4. The first-order valence-corrected chi connectivity index (χ1v) is 7.34. The summed E-state index contributed by atoms with van der Waals surface area (Å²) in [6.45, 7) is 0. The molecule has 0 aliphatic rings. The highest BCUT2D eigenvalue weighted by atomic mass is 35.5. The van der Waals surface area contributed by atoms with Crippen LogP contribution in [-0.2, 0) is 6.18 Å². The van der Waals surface area contributed by atoms with Gasteiger partial charge in [0.15, 0.2) is 0 Å². The molecule has 1 amide bonds. The highest BCUT2D eigenvalue weighted by molar-refractivity contribution is 6.31. The summed E-state index contributed by atoms with van der Waals surface area (Å²) in [7, 11) is 0. The van der Waals surface area contributed by atoms with Gasteiger partial charge in [0.1, 0.15) is 12.1 Å². The van der Waals surface area contributed by atoms with E-state index in [1.165, 1.54) is 18.5 Å². The number of tetrazole rings is 1. The van der Waals surface area contributed by atoms with Gasteiger partial charge in [-0.1, -0.05) is 11.6 Å². The molecule has 0 saturated carbocycles. The Morgan fingerprint density at radius 1 is 1.15 bits per heavy atom. The van der Waals surface area contributed by atoms with Crippen LogP contribution in [-0.4, -0.2) is 26.1 Å². The molecule has 0 saturated heterocycles. The minimum absolute atomic E-state index is 0.152. The predicted octanol–water partition coefficient (Wildman–Crippen LogP) is 3.73. The smallest absolute Gasteiger partial charge is 0.322 e. The zero-order chi connectivity index (χ0) is 18.9. The van der Waals surface area contributed by atoms with E-state index in [2.05, 4.69) is 20.8 Å². The number of hydrogen-bond donors (Lipinski definition) is 1.